The second-order valence-corrected chi connectivity index (χ2v) is 9.39. The van der Waals surface area contributed by atoms with Gasteiger partial charge >= 0.3 is 6.36 Å². The van der Waals surface area contributed by atoms with Crippen molar-refractivity contribution in [2.45, 2.75) is 52.4 Å². The fourth-order valence-electron chi connectivity index (χ4n) is 4.99. The standard InChI is InChI=1S/C24H25F3N4O/c1-15-10-18(13-23(2,3)12-15)31-21-9-4-16(14-28)11-20(21)30-22(31)29-17-5-7-19(8-6-17)32-24(25,26)27/h4-9,11,15,18H,10,12-13H2,1-3H3,(H,29,30)/t15?,18-/m0/s1. The summed E-state index contributed by atoms with van der Waals surface area (Å²) in [6.45, 7) is 6.80. The monoisotopic (exact) mass is 442 g/mol. The molecule has 3 aromatic rings. The van der Waals surface area contributed by atoms with Gasteiger partial charge in [0.2, 0.25) is 5.95 Å². The van der Waals surface area contributed by atoms with E-state index in [0.29, 0.717) is 28.6 Å². The van der Waals surface area contributed by atoms with Gasteiger partial charge in [-0.15, -0.1) is 13.2 Å². The van der Waals surface area contributed by atoms with Crippen molar-refractivity contribution in [1.29, 1.82) is 5.26 Å². The Bertz CT molecular complexity index is 1160. The number of nitrogens with zero attached hydrogens (tertiary/aromatic N) is 3. The summed E-state index contributed by atoms with van der Waals surface area (Å²) in [5, 5.41) is 12.5. The largest absolute Gasteiger partial charge is 0.573 e. The molecule has 1 heterocycles. The van der Waals surface area contributed by atoms with Gasteiger partial charge in [0, 0.05) is 11.7 Å². The zero-order valence-electron chi connectivity index (χ0n) is 18.2. The van der Waals surface area contributed by atoms with Crippen LogP contribution in [0.3, 0.4) is 0 Å². The number of hydrogen-bond acceptors (Lipinski definition) is 4. The van der Waals surface area contributed by atoms with E-state index in [1.165, 1.54) is 24.3 Å². The molecule has 4 rings (SSSR count). The summed E-state index contributed by atoms with van der Waals surface area (Å²) in [4.78, 5) is 4.74. The number of rotatable bonds is 4. The van der Waals surface area contributed by atoms with Gasteiger partial charge in [-0.2, -0.15) is 5.26 Å². The van der Waals surface area contributed by atoms with Crippen LogP contribution >= 0.6 is 0 Å². The van der Waals surface area contributed by atoms with Crippen molar-refractivity contribution < 1.29 is 17.9 Å². The van der Waals surface area contributed by atoms with Gasteiger partial charge in [0.1, 0.15) is 5.75 Å². The lowest BCUT2D eigenvalue weighted by molar-refractivity contribution is -0.274. The van der Waals surface area contributed by atoms with Gasteiger partial charge in [0.25, 0.3) is 0 Å². The molecule has 1 aliphatic rings. The molecule has 0 radical (unpaired) electrons. The summed E-state index contributed by atoms with van der Waals surface area (Å²) < 4.78 is 43.5. The maximum absolute atomic E-state index is 12.4. The SMILES string of the molecule is CC1C[C@H](n2c(Nc3ccc(OC(F)(F)F)cc3)nc3cc(C#N)ccc32)CC(C)(C)C1. The number of nitriles is 1. The van der Waals surface area contributed by atoms with Crippen LogP contribution in [0.1, 0.15) is 51.6 Å². The Hall–Kier alpha value is -3.21. The number of fused-ring (bicyclic) bond motifs is 1. The minimum absolute atomic E-state index is 0.180. The molecule has 1 N–H and O–H groups in total. The van der Waals surface area contributed by atoms with E-state index >= 15 is 0 Å². The quantitative estimate of drug-likeness (QED) is 0.475. The number of aromatic nitrogens is 2. The number of anilines is 2. The number of benzene rings is 2. The first-order valence-electron chi connectivity index (χ1n) is 10.6. The number of hydrogen-bond donors (Lipinski definition) is 1. The van der Waals surface area contributed by atoms with Crippen molar-refractivity contribution in [3.05, 3.63) is 48.0 Å². The molecule has 1 unspecified atom stereocenters. The van der Waals surface area contributed by atoms with Crippen LogP contribution in [0, 0.1) is 22.7 Å². The molecule has 1 aliphatic carbocycles. The first-order valence-corrected chi connectivity index (χ1v) is 10.6. The third kappa shape index (κ3) is 4.82. The van der Waals surface area contributed by atoms with Crippen LogP contribution in [0.15, 0.2) is 42.5 Å². The number of ether oxygens (including phenoxy) is 1. The highest BCUT2D eigenvalue weighted by molar-refractivity contribution is 5.81. The molecule has 8 heteroatoms. The van der Waals surface area contributed by atoms with E-state index in [9.17, 15) is 18.4 Å². The van der Waals surface area contributed by atoms with E-state index in [1.54, 1.807) is 12.1 Å². The van der Waals surface area contributed by atoms with Crippen LogP contribution in [0.5, 0.6) is 5.75 Å². The van der Waals surface area contributed by atoms with Gasteiger partial charge in [-0.25, -0.2) is 4.98 Å². The molecule has 1 fully saturated rings. The predicted molar refractivity (Wildman–Crippen MR) is 117 cm³/mol. The Balaban J connectivity index is 1.72. The average molecular weight is 442 g/mol. The number of alkyl halides is 3. The Kier molecular flexibility index (Phi) is 5.53. The van der Waals surface area contributed by atoms with Gasteiger partial charge in [0.05, 0.1) is 22.7 Å². The highest BCUT2D eigenvalue weighted by Gasteiger charge is 2.35. The first-order chi connectivity index (χ1) is 15.0. The van der Waals surface area contributed by atoms with Crippen LogP contribution < -0.4 is 10.1 Å². The van der Waals surface area contributed by atoms with E-state index in [0.717, 1.165) is 24.8 Å². The molecule has 2 atom stereocenters. The predicted octanol–water partition coefficient (Wildman–Crippen LogP) is 6.94. The molecule has 0 aliphatic heterocycles. The smallest absolute Gasteiger partial charge is 0.406 e. The number of nitrogens with one attached hydrogen (secondary N) is 1. The maximum Gasteiger partial charge on any atom is 0.573 e. The van der Waals surface area contributed by atoms with Crippen LogP contribution in [0.25, 0.3) is 11.0 Å². The molecule has 168 valence electrons. The van der Waals surface area contributed by atoms with Crippen molar-refractivity contribution in [3.8, 4) is 11.8 Å². The van der Waals surface area contributed by atoms with Crippen molar-refractivity contribution >= 4 is 22.7 Å². The van der Waals surface area contributed by atoms with Crippen LogP contribution in [0.4, 0.5) is 24.8 Å². The van der Waals surface area contributed by atoms with Crippen molar-refractivity contribution in [2.75, 3.05) is 5.32 Å². The normalized spacial score (nSPS) is 20.7. The third-order valence-electron chi connectivity index (χ3n) is 5.89. The van der Waals surface area contributed by atoms with Gasteiger partial charge in [-0.05, 0) is 73.1 Å². The summed E-state index contributed by atoms with van der Waals surface area (Å²) >= 11 is 0. The van der Waals surface area contributed by atoms with Crippen molar-refractivity contribution in [2.24, 2.45) is 11.3 Å². The van der Waals surface area contributed by atoms with Gasteiger partial charge in [0.15, 0.2) is 0 Å². The summed E-state index contributed by atoms with van der Waals surface area (Å²) in [6, 6.07) is 13.4. The number of halogens is 3. The van der Waals surface area contributed by atoms with Crippen LogP contribution in [-0.4, -0.2) is 15.9 Å². The minimum atomic E-state index is -4.73. The topological polar surface area (TPSA) is 62.9 Å². The molecular weight excluding hydrogens is 417 g/mol. The first kappa shape index (κ1) is 22.0. The Morgan fingerprint density at radius 3 is 2.50 bits per heavy atom. The van der Waals surface area contributed by atoms with Crippen molar-refractivity contribution in [3.63, 3.8) is 0 Å². The Labute approximate surface area is 184 Å². The zero-order chi connectivity index (χ0) is 23.1. The second kappa shape index (κ2) is 8.05. The molecule has 1 aromatic heterocycles. The second-order valence-electron chi connectivity index (χ2n) is 9.39. The molecule has 0 bridgehead atoms. The van der Waals surface area contributed by atoms with Gasteiger partial charge < -0.3 is 14.6 Å². The molecule has 1 saturated carbocycles. The van der Waals surface area contributed by atoms with E-state index in [2.05, 4.69) is 41.5 Å². The number of imidazole rings is 1. The molecule has 5 nitrogen and oxygen atoms in total. The zero-order valence-corrected chi connectivity index (χ0v) is 18.2. The highest BCUT2D eigenvalue weighted by atomic mass is 19.4. The average Bonchev–Trinajstić information content (AvgIpc) is 3.03. The van der Waals surface area contributed by atoms with E-state index in [1.807, 2.05) is 6.07 Å². The summed E-state index contributed by atoms with van der Waals surface area (Å²) in [5.74, 6) is 0.874. The molecule has 0 saturated heterocycles. The molecule has 2 aromatic carbocycles. The van der Waals surface area contributed by atoms with Gasteiger partial charge in [-0.1, -0.05) is 20.8 Å². The summed E-state index contributed by atoms with van der Waals surface area (Å²) in [6.07, 6.45) is -1.60. The Morgan fingerprint density at radius 2 is 1.88 bits per heavy atom. The van der Waals surface area contributed by atoms with E-state index < -0.39 is 6.36 Å². The lowest BCUT2D eigenvalue weighted by Crippen LogP contribution is -2.29. The van der Waals surface area contributed by atoms with Crippen LogP contribution in [0.2, 0.25) is 0 Å². The maximum atomic E-state index is 12.4. The fraction of sp³-hybridized carbons (Fsp3) is 0.417. The molecular formula is C24H25F3N4O. The highest BCUT2D eigenvalue weighted by Crippen LogP contribution is 2.46. The Morgan fingerprint density at radius 1 is 1.16 bits per heavy atom. The lowest BCUT2D eigenvalue weighted by atomic mass is 9.70. The van der Waals surface area contributed by atoms with Crippen LogP contribution in [-0.2, 0) is 0 Å². The molecule has 0 spiro atoms. The van der Waals surface area contributed by atoms with E-state index in [4.69, 9.17) is 4.98 Å². The van der Waals surface area contributed by atoms with Crippen molar-refractivity contribution in [1.82, 2.24) is 9.55 Å². The molecule has 32 heavy (non-hydrogen) atoms. The fourth-order valence-corrected chi connectivity index (χ4v) is 4.99. The van der Waals surface area contributed by atoms with Gasteiger partial charge in [-0.3, -0.25) is 0 Å². The third-order valence-corrected chi connectivity index (χ3v) is 5.89. The van der Waals surface area contributed by atoms with E-state index in [-0.39, 0.29) is 17.2 Å². The lowest BCUT2D eigenvalue weighted by Gasteiger charge is -2.40. The molecule has 0 amide bonds. The summed E-state index contributed by atoms with van der Waals surface area (Å²) in [7, 11) is 0. The minimum Gasteiger partial charge on any atom is -0.406 e. The summed E-state index contributed by atoms with van der Waals surface area (Å²) in [5.41, 5.74) is 2.94.